The zero-order chi connectivity index (χ0) is 10.6. The molecule has 0 bridgehead atoms. The van der Waals surface area contributed by atoms with Crippen LogP contribution in [0.2, 0.25) is 0 Å². The van der Waals surface area contributed by atoms with Crippen molar-refractivity contribution in [3.05, 3.63) is 30.3 Å². The summed E-state index contributed by atoms with van der Waals surface area (Å²) >= 11 is 0. The zero-order valence-corrected chi connectivity index (χ0v) is 8.31. The zero-order valence-electron chi connectivity index (χ0n) is 8.31. The Morgan fingerprint density at radius 1 is 1.29 bits per heavy atom. The van der Waals surface area contributed by atoms with E-state index in [0.717, 1.165) is 0 Å². The summed E-state index contributed by atoms with van der Waals surface area (Å²) in [5, 5.41) is 8.88. The first-order valence-electron chi connectivity index (χ1n) is 4.55. The summed E-state index contributed by atoms with van der Waals surface area (Å²) in [4.78, 5) is 10.8. The predicted octanol–water partition coefficient (Wildman–Crippen LogP) is 2.17. The minimum Gasteiger partial charge on any atom is -0.478 e. The van der Waals surface area contributed by atoms with Crippen LogP contribution in [0.15, 0.2) is 30.3 Å². The Hall–Kier alpha value is -1.51. The van der Waals surface area contributed by atoms with Gasteiger partial charge >= 0.3 is 5.97 Å². The summed E-state index contributed by atoms with van der Waals surface area (Å²) in [6.45, 7) is 3.64. The molecule has 3 nitrogen and oxygen atoms in total. The van der Waals surface area contributed by atoms with Gasteiger partial charge in [-0.2, -0.15) is 0 Å². The van der Waals surface area contributed by atoms with Gasteiger partial charge in [-0.25, -0.2) is 4.79 Å². The van der Waals surface area contributed by atoms with Crippen molar-refractivity contribution in [3.8, 4) is 5.75 Å². The Morgan fingerprint density at radius 3 is 2.29 bits per heavy atom. The van der Waals surface area contributed by atoms with Crippen molar-refractivity contribution in [2.45, 2.75) is 20.0 Å². The molecule has 76 valence electrons. The first-order valence-corrected chi connectivity index (χ1v) is 4.55. The number of para-hydroxylation sites is 1. The molecule has 1 atom stereocenters. The van der Waals surface area contributed by atoms with Crippen LogP contribution in [-0.2, 0) is 4.79 Å². The Morgan fingerprint density at radius 2 is 1.86 bits per heavy atom. The maximum Gasteiger partial charge on any atom is 0.345 e. The second-order valence-electron chi connectivity index (χ2n) is 3.43. The number of carboxylic acid groups (broad SMARTS) is 1. The summed E-state index contributed by atoms with van der Waals surface area (Å²) < 4.78 is 5.34. The first-order chi connectivity index (χ1) is 6.61. The third kappa shape index (κ3) is 2.76. The number of benzene rings is 1. The van der Waals surface area contributed by atoms with Crippen molar-refractivity contribution in [2.75, 3.05) is 0 Å². The van der Waals surface area contributed by atoms with Gasteiger partial charge < -0.3 is 9.84 Å². The molecule has 0 saturated carbocycles. The van der Waals surface area contributed by atoms with Crippen LogP contribution in [0.1, 0.15) is 13.8 Å². The molecule has 0 spiro atoms. The molecule has 1 aromatic carbocycles. The van der Waals surface area contributed by atoms with Gasteiger partial charge in [-0.3, -0.25) is 0 Å². The Balaban J connectivity index is 2.70. The number of ether oxygens (including phenoxy) is 1. The Bertz CT molecular complexity index is 293. The molecular weight excluding hydrogens is 180 g/mol. The molecule has 0 aliphatic rings. The molecule has 1 unspecified atom stereocenters. The maximum atomic E-state index is 10.8. The van der Waals surface area contributed by atoms with E-state index in [1.807, 2.05) is 32.0 Å². The molecule has 1 N–H and O–H groups in total. The van der Waals surface area contributed by atoms with E-state index < -0.39 is 12.1 Å². The van der Waals surface area contributed by atoms with Crippen LogP contribution < -0.4 is 4.74 Å². The van der Waals surface area contributed by atoms with Gasteiger partial charge in [0.1, 0.15) is 5.75 Å². The molecule has 0 fully saturated rings. The van der Waals surface area contributed by atoms with E-state index in [-0.39, 0.29) is 5.92 Å². The molecular formula is C11H14O3. The second-order valence-corrected chi connectivity index (χ2v) is 3.43. The van der Waals surface area contributed by atoms with Crippen molar-refractivity contribution in [1.82, 2.24) is 0 Å². The number of aliphatic carboxylic acids is 1. The molecule has 14 heavy (non-hydrogen) atoms. The number of carboxylic acids is 1. The van der Waals surface area contributed by atoms with Crippen LogP contribution in [0.4, 0.5) is 0 Å². The largest absolute Gasteiger partial charge is 0.478 e. The van der Waals surface area contributed by atoms with E-state index in [2.05, 4.69) is 0 Å². The highest BCUT2D eigenvalue weighted by Crippen LogP contribution is 2.15. The summed E-state index contributed by atoms with van der Waals surface area (Å²) in [6, 6.07) is 8.98. The van der Waals surface area contributed by atoms with E-state index in [4.69, 9.17) is 9.84 Å². The van der Waals surface area contributed by atoms with Crippen LogP contribution >= 0.6 is 0 Å². The third-order valence-corrected chi connectivity index (χ3v) is 1.86. The molecule has 0 saturated heterocycles. The smallest absolute Gasteiger partial charge is 0.345 e. The normalized spacial score (nSPS) is 12.5. The highest BCUT2D eigenvalue weighted by molar-refractivity contribution is 5.73. The van der Waals surface area contributed by atoms with E-state index >= 15 is 0 Å². The lowest BCUT2D eigenvalue weighted by atomic mass is 10.1. The number of carbonyl (C=O) groups is 1. The van der Waals surface area contributed by atoms with Crippen molar-refractivity contribution in [2.24, 2.45) is 5.92 Å². The fourth-order valence-electron chi connectivity index (χ4n) is 1.12. The molecule has 0 aliphatic carbocycles. The lowest BCUT2D eigenvalue weighted by Crippen LogP contribution is -2.32. The van der Waals surface area contributed by atoms with E-state index in [1.54, 1.807) is 12.1 Å². The summed E-state index contributed by atoms with van der Waals surface area (Å²) in [5.41, 5.74) is 0. The quantitative estimate of drug-likeness (QED) is 0.799. The van der Waals surface area contributed by atoms with Gasteiger partial charge in [0, 0.05) is 5.92 Å². The minimum absolute atomic E-state index is 0.0484. The lowest BCUT2D eigenvalue weighted by molar-refractivity contribution is -0.147. The van der Waals surface area contributed by atoms with Gasteiger partial charge in [-0.05, 0) is 12.1 Å². The van der Waals surface area contributed by atoms with Gasteiger partial charge in [-0.15, -0.1) is 0 Å². The van der Waals surface area contributed by atoms with Crippen molar-refractivity contribution in [3.63, 3.8) is 0 Å². The molecule has 3 heteroatoms. The van der Waals surface area contributed by atoms with Crippen LogP contribution in [0.5, 0.6) is 5.75 Å². The fourth-order valence-corrected chi connectivity index (χ4v) is 1.12. The number of hydrogen-bond acceptors (Lipinski definition) is 2. The van der Waals surface area contributed by atoms with E-state index in [1.165, 1.54) is 0 Å². The highest BCUT2D eigenvalue weighted by atomic mass is 16.5. The maximum absolute atomic E-state index is 10.8. The Kier molecular flexibility index (Phi) is 3.51. The Labute approximate surface area is 83.3 Å². The number of hydrogen-bond donors (Lipinski definition) is 1. The molecule has 1 aromatic rings. The van der Waals surface area contributed by atoms with E-state index in [0.29, 0.717) is 5.75 Å². The molecule has 0 amide bonds. The van der Waals surface area contributed by atoms with Crippen LogP contribution in [0.3, 0.4) is 0 Å². The molecule has 1 rings (SSSR count). The summed E-state index contributed by atoms with van der Waals surface area (Å²) in [5.74, 6) is -0.384. The average Bonchev–Trinajstić information content (AvgIpc) is 2.15. The van der Waals surface area contributed by atoms with Crippen molar-refractivity contribution < 1.29 is 14.6 Å². The van der Waals surface area contributed by atoms with Crippen molar-refractivity contribution in [1.29, 1.82) is 0 Å². The highest BCUT2D eigenvalue weighted by Gasteiger charge is 2.22. The van der Waals surface area contributed by atoms with Crippen LogP contribution in [0.25, 0.3) is 0 Å². The van der Waals surface area contributed by atoms with Gasteiger partial charge in [0.05, 0.1) is 0 Å². The van der Waals surface area contributed by atoms with Crippen LogP contribution in [-0.4, -0.2) is 17.2 Å². The van der Waals surface area contributed by atoms with Gasteiger partial charge in [0.2, 0.25) is 0 Å². The second kappa shape index (κ2) is 4.65. The predicted molar refractivity (Wildman–Crippen MR) is 53.3 cm³/mol. The SMILES string of the molecule is CC(C)C(Oc1ccccc1)C(=O)O. The summed E-state index contributed by atoms with van der Waals surface area (Å²) in [7, 11) is 0. The number of rotatable bonds is 4. The standard InChI is InChI=1S/C11H14O3/c1-8(2)10(11(12)13)14-9-6-4-3-5-7-9/h3-8,10H,1-2H3,(H,12,13). The van der Waals surface area contributed by atoms with Gasteiger partial charge in [-0.1, -0.05) is 32.0 Å². The molecule has 0 aromatic heterocycles. The third-order valence-electron chi connectivity index (χ3n) is 1.86. The van der Waals surface area contributed by atoms with Crippen LogP contribution in [0, 0.1) is 5.92 Å². The van der Waals surface area contributed by atoms with E-state index in [9.17, 15) is 4.79 Å². The molecule has 0 aliphatic heterocycles. The average molecular weight is 194 g/mol. The molecule has 0 heterocycles. The van der Waals surface area contributed by atoms with Gasteiger partial charge in [0.15, 0.2) is 6.10 Å². The van der Waals surface area contributed by atoms with Crippen molar-refractivity contribution >= 4 is 5.97 Å². The molecule has 0 radical (unpaired) electrons. The topological polar surface area (TPSA) is 46.5 Å². The van der Waals surface area contributed by atoms with Gasteiger partial charge in [0.25, 0.3) is 0 Å². The fraction of sp³-hybridized carbons (Fsp3) is 0.364. The monoisotopic (exact) mass is 194 g/mol. The summed E-state index contributed by atoms with van der Waals surface area (Å²) in [6.07, 6.45) is -0.780. The lowest BCUT2D eigenvalue weighted by Gasteiger charge is -2.17. The first kappa shape index (κ1) is 10.6. The minimum atomic E-state index is -0.927.